The molecule has 1 N–H and O–H groups in total. The van der Waals surface area contributed by atoms with Gasteiger partial charge in [-0.3, -0.25) is 4.68 Å². The number of aromatic nitrogens is 2. The average molecular weight is 291 g/mol. The predicted octanol–water partition coefficient (Wildman–Crippen LogP) is 4.20. The molecule has 0 aliphatic heterocycles. The van der Waals surface area contributed by atoms with E-state index in [-0.39, 0.29) is 0 Å². The first-order valence-electron chi connectivity index (χ1n) is 8.95. The van der Waals surface area contributed by atoms with E-state index in [1.54, 1.807) is 0 Å². The molecule has 2 rings (SSSR count). The molecule has 3 heteroatoms. The summed E-state index contributed by atoms with van der Waals surface area (Å²) in [4.78, 5) is 0. The monoisotopic (exact) mass is 291 g/mol. The Morgan fingerprint density at radius 3 is 2.76 bits per heavy atom. The predicted molar refractivity (Wildman–Crippen MR) is 89.5 cm³/mol. The van der Waals surface area contributed by atoms with Gasteiger partial charge in [-0.25, -0.2) is 0 Å². The standard InChI is InChI=1S/C18H33N3/c1-5-14(4)21-11-10-17(20-21)13-18(19-7-3)16-9-8-15(6-2)12-16/h10-11,14-16,18-19H,5-9,12-13H2,1-4H3. The molecule has 0 spiro atoms. The Morgan fingerprint density at radius 1 is 1.33 bits per heavy atom. The van der Waals surface area contributed by atoms with Crippen LogP contribution in [0.1, 0.15) is 71.5 Å². The van der Waals surface area contributed by atoms with Crippen molar-refractivity contribution in [3.8, 4) is 0 Å². The number of hydrogen-bond acceptors (Lipinski definition) is 2. The second-order valence-electron chi connectivity index (χ2n) is 6.76. The van der Waals surface area contributed by atoms with Gasteiger partial charge in [0.1, 0.15) is 0 Å². The number of rotatable bonds is 8. The molecule has 0 aromatic carbocycles. The molecule has 0 amide bonds. The molecular formula is C18H33N3. The molecule has 4 unspecified atom stereocenters. The normalized spacial score (nSPS) is 25.1. The Bertz CT molecular complexity index is 412. The molecule has 1 aromatic rings. The molecule has 1 fully saturated rings. The maximum atomic E-state index is 4.79. The maximum absolute atomic E-state index is 4.79. The Labute approximate surface area is 130 Å². The zero-order valence-corrected chi connectivity index (χ0v) is 14.3. The van der Waals surface area contributed by atoms with E-state index in [2.05, 4.69) is 50.0 Å². The van der Waals surface area contributed by atoms with Crippen LogP contribution in [-0.2, 0) is 6.42 Å². The van der Waals surface area contributed by atoms with Crippen molar-refractivity contribution in [2.45, 2.75) is 78.3 Å². The lowest BCUT2D eigenvalue weighted by molar-refractivity contribution is 0.345. The Morgan fingerprint density at radius 2 is 2.14 bits per heavy atom. The van der Waals surface area contributed by atoms with Crippen LogP contribution in [0.3, 0.4) is 0 Å². The molecule has 0 saturated heterocycles. The third kappa shape index (κ3) is 4.32. The van der Waals surface area contributed by atoms with E-state index >= 15 is 0 Å². The van der Waals surface area contributed by atoms with Gasteiger partial charge in [0.15, 0.2) is 0 Å². The highest BCUT2D eigenvalue weighted by molar-refractivity contribution is 5.04. The summed E-state index contributed by atoms with van der Waals surface area (Å²) in [5.41, 5.74) is 1.25. The fourth-order valence-electron chi connectivity index (χ4n) is 3.66. The molecule has 3 nitrogen and oxygen atoms in total. The van der Waals surface area contributed by atoms with Gasteiger partial charge in [0.05, 0.1) is 5.69 Å². The summed E-state index contributed by atoms with van der Waals surface area (Å²) in [5, 5.41) is 8.51. The second kappa shape index (κ2) is 7.98. The smallest absolute Gasteiger partial charge is 0.0640 e. The molecule has 1 heterocycles. The van der Waals surface area contributed by atoms with E-state index in [1.165, 1.54) is 31.4 Å². The molecule has 1 aromatic heterocycles. The number of hydrogen-bond donors (Lipinski definition) is 1. The van der Waals surface area contributed by atoms with Gasteiger partial charge in [-0.15, -0.1) is 0 Å². The molecular weight excluding hydrogens is 258 g/mol. The minimum atomic E-state index is 0.507. The Hall–Kier alpha value is -0.830. The highest BCUT2D eigenvalue weighted by atomic mass is 15.3. The summed E-state index contributed by atoms with van der Waals surface area (Å²) < 4.78 is 2.13. The lowest BCUT2D eigenvalue weighted by Gasteiger charge is -2.24. The third-order valence-corrected chi connectivity index (χ3v) is 5.33. The van der Waals surface area contributed by atoms with Crippen molar-refractivity contribution in [2.75, 3.05) is 6.54 Å². The van der Waals surface area contributed by atoms with Crippen LogP contribution in [0.15, 0.2) is 12.3 Å². The van der Waals surface area contributed by atoms with Gasteiger partial charge < -0.3 is 5.32 Å². The fourth-order valence-corrected chi connectivity index (χ4v) is 3.66. The third-order valence-electron chi connectivity index (χ3n) is 5.33. The van der Waals surface area contributed by atoms with Gasteiger partial charge in [0.2, 0.25) is 0 Å². The average Bonchev–Trinajstić information content (AvgIpc) is 3.15. The Balaban J connectivity index is 1.97. The van der Waals surface area contributed by atoms with Gasteiger partial charge in [0.25, 0.3) is 0 Å². The van der Waals surface area contributed by atoms with Crippen molar-refractivity contribution in [1.29, 1.82) is 0 Å². The number of nitrogens with one attached hydrogen (secondary N) is 1. The van der Waals surface area contributed by atoms with Crippen LogP contribution in [-0.4, -0.2) is 22.4 Å². The van der Waals surface area contributed by atoms with Crippen molar-refractivity contribution in [2.24, 2.45) is 11.8 Å². The lowest BCUT2D eigenvalue weighted by Crippen LogP contribution is -2.37. The summed E-state index contributed by atoms with van der Waals surface area (Å²) in [6, 6.07) is 3.32. The van der Waals surface area contributed by atoms with Gasteiger partial charge in [-0.1, -0.05) is 33.6 Å². The molecule has 4 atom stereocenters. The summed E-state index contributed by atoms with van der Waals surface area (Å²) >= 11 is 0. The van der Waals surface area contributed by atoms with Crippen LogP contribution < -0.4 is 5.32 Å². The van der Waals surface area contributed by atoms with Crippen LogP contribution in [0.2, 0.25) is 0 Å². The van der Waals surface area contributed by atoms with E-state index in [1.807, 2.05) is 0 Å². The van der Waals surface area contributed by atoms with Crippen molar-refractivity contribution in [1.82, 2.24) is 15.1 Å². The summed E-state index contributed by atoms with van der Waals surface area (Å²) in [7, 11) is 0. The van der Waals surface area contributed by atoms with Crippen molar-refractivity contribution in [3.05, 3.63) is 18.0 Å². The Kier molecular flexibility index (Phi) is 6.28. The minimum absolute atomic E-state index is 0.507. The van der Waals surface area contributed by atoms with Crippen LogP contribution in [0.25, 0.3) is 0 Å². The van der Waals surface area contributed by atoms with Crippen molar-refractivity contribution in [3.63, 3.8) is 0 Å². The van der Waals surface area contributed by atoms with Gasteiger partial charge in [-0.05, 0) is 50.6 Å². The first-order chi connectivity index (χ1) is 10.2. The van der Waals surface area contributed by atoms with Crippen LogP contribution in [0.5, 0.6) is 0 Å². The molecule has 120 valence electrons. The summed E-state index contributed by atoms with van der Waals surface area (Å²) in [6.07, 6.45) is 9.93. The van der Waals surface area contributed by atoms with E-state index in [4.69, 9.17) is 5.10 Å². The number of nitrogens with zero attached hydrogens (tertiary/aromatic N) is 2. The largest absolute Gasteiger partial charge is 0.314 e. The van der Waals surface area contributed by atoms with E-state index < -0.39 is 0 Å². The van der Waals surface area contributed by atoms with Crippen LogP contribution in [0, 0.1) is 11.8 Å². The topological polar surface area (TPSA) is 29.9 Å². The molecule has 1 saturated carbocycles. The molecule has 21 heavy (non-hydrogen) atoms. The quantitative estimate of drug-likeness (QED) is 0.778. The lowest BCUT2D eigenvalue weighted by atomic mass is 9.92. The highest BCUT2D eigenvalue weighted by Crippen LogP contribution is 2.35. The van der Waals surface area contributed by atoms with Crippen LogP contribution >= 0.6 is 0 Å². The first-order valence-corrected chi connectivity index (χ1v) is 8.95. The fraction of sp³-hybridized carbons (Fsp3) is 0.833. The molecule has 1 aliphatic rings. The van der Waals surface area contributed by atoms with Gasteiger partial charge >= 0.3 is 0 Å². The molecule has 0 bridgehead atoms. The van der Waals surface area contributed by atoms with Crippen molar-refractivity contribution >= 4 is 0 Å². The zero-order chi connectivity index (χ0) is 15.2. The van der Waals surface area contributed by atoms with E-state index in [0.717, 1.165) is 31.2 Å². The summed E-state index contributed by atoms with van der Waals surface area (Å²) in [6.45, 7) is 10.1. The number of likely N-dealkylation sites (N-methyl/N-ethyl adjacent to an activating group) is 1. The van der Waals surface area contributed by atoms with Gasteiger partial charge in [-0.2, -0.15) is 5.10 Å². The minimum Gasteiger partial charge on any atom is -0.314 e. The van der Waals surface area contributed by atoms with Gasteiger partial charge in [0, 0.05) is 24.7 Å². The second-order valence-corrected chi connectivity index (χ2v) is 6.76. The molecule has 1 aliphatic carbocycles. The first kappa shape index (κ1) is 16.5. The summed E-state index contributed by atoms with van der Waals surface area (Å²) in [5.74, 6) is 1.79. The van der Waals surface area contributed by atoms with E-state index in [0.29, 0.717) is 12.1 Å². The van der Waals surface area contributed by atoms with Crippen molar-refractivity contribution < 1.29 is 0 Å². The van der Waals surface area contributed by atoms with E-state index in [9.17, 15) is 0 Å². The van der Waals surface area contributed by atoms with Crippen LogP contribution in [0.4, 0.5) is 0 Å². The maximum Gasteiger partial charge on any atom is 0.0640 e. The zero-order valence-electron chi connectivity index (χ0n) is 14.3. The molecule has 0 radical (unpaired) electrons. The highest BCUT2D eigenvalue weighted by Gasteiger charge is 2.30. The SMILES string of the molecule is CCNC(Cc1ccn(C(C)CC)n1)C1CCC(CC)C1.